The van der Waals surface area contributed by atoms with Crippen LogP contribution in [0.2, 0.25) is 0 Å². The van der Waals surface area contributed by atoms with E-state index in [4.69, 9.17) is 4.42 Å². The largest absolute Gasteiger partial charge is 0.453 e. The molecule has 2 nitrogen and oxygen atoms in total. The lowest BCUT2D eigenvalue weighted by Crippen LogP contribution is -1.92. The zero-order valence-electron chi connectivity index (χ0n) is 27.2. The number of nitrogens with one attached hydrogen (secondary N) is 1. The topological polar surface area (TPSA) is 25.2 Å². The van der Waals surface area contributed by atoms with Crippen molar-refractivity contribution in [1.82, 2.24) is 0 Å². The van der Waals surface area contributed by atoms with Crippen LogP contribution in [0.15, 0.2) is 186 Å². The average molecular weight is 638 g/mol. The summed E-state index contributed by atoms with van der Waals surface area (Å²) in [7, 11) is 0. The van der Waals surface area contributed by atoms with E-state index < -0.39 is 0 Å². The molecule has 0 radical (unpaired) electrons. The summed E-state index contributed by atoms with van der Waals surface area (Å²) in [4.78, 5) is 0. The van der Waals surface area contributed by atoms with Crippen LogP contribution in [0.4, 0.5) is 11.4 Å². The fourth-order valence-electron chi connectivity index (χ4n) is 7.55. The van der Waals surface area contributed by atoms with Crippen LogP contribution in [0.1, 0.15) is 0 Å². The third-order valence-corrected chi connectivity index (χ3v) is 10.00. The van der Waals surface area contributed by atoms with E-state index in [-0.39, 0.29) is 0 Å². The molecule has 0 aliphatic heterocycles. The van der Waals surface area contributed by atoms with Gasteiger partial charge in [0, 0.05) is 22.0 Å². The van der Waals surface area contributed by atoms with E-state index in [0.717, 1.165) is 44.4 Å². The summed E-state index contributed by atoms with van der Waals surface area (Å²) in [6.45, 7) is 0. The van der Waals surface area contributed by atoms with Crippen molar-refractivity contribution in [2.45, 2.75) is 0 Å². The number of rotatable bonds is 5. The lowest BCUT2D eigenvalue weighted by molar-refractivity contribution is 0.671. The predicted molar refractivity (Wildman–Crippen MR) is 212 cm³/mol. The molecule has 0 atom stereocenters. The second-order valence-electron chi connectivity index (χ2n) is 13.0. The van der Waals surface area contributed by atoms with Gasteiger partial charge in [-0.25, -0.2) is 0 Å². The van der Waals surface area contributed by atoms with Gasteiger partial charge in [-0.05, 0) is 96.5 Å². The van der Waals surface area contributed by atoms with Crippen LogP contribution in [0.25, 0.3) is 87.6 Å². The van der Waals surface area contributed by atoms with Gasteiger partial charge in [-0.15, -0.1) is 0 Å². The van der Waals surface area contributed by atoms with Gasteiger partial charge in [0.2, 0.25) is 0 Å². The van der Waals surface area contributed by atoms with Gasteiger partial charge in [0.25, 0.3) is 0 Å². The molecule has 9 aromatic carbocycles. The highest BCUT2D eigenvalue weighted by molar-refractivity contribution is 6.24. The van der Waals surface area contributed by atoms with E-state index >= 15 is 0 Å². The molecule has 1 heterocycles. The van der Waals surface area contributed by atoms with Crippen LogP contribution in [-0.2, 0) is 0 Å². The molecule has 0 saturated carbocycles. The second-order valence-corrected chi connectivity index (χ2v) is 13.0. The standard InChI is InChI=1S/C48H31NO/c1-2-12-32(13-3-1)41-19-10-20-42-46-40-18-9-8-17-37(40)30-45(48(46)50-47(41)42)49-39-25-23-33(24-26-39)43-28-35-15-6-7-16-36(35)29-44(43)38-22-21-31-11-4-5-14-34(31)27-38/h1-30,49H. The first-order valence-corrected chi connectivity index (χ1v) is 17.1. The minimum Gasteiger partial charge on any atom is -0.453 e. The molecule has 0 aliphatic carbocycles. The highest BCUT2D eigenvalue weighted by atomic mass is 16.3. The third kappa shape index (κ3) is 4.73. The smallest absolute Gasteiger partial charge is 0.159 e. The van der Waals surface area contributed by atoms with Crippen LogP contribution < -0.4 is 5.32 Å². The fourth-order valence-corrected chi connectivity index (χ4v) is 7.55. The third-order valence-electron chi connectivity index (χ3n) is 10.00. The van der Waals surface area contributed by atoms with Gasteiger partial charge < -0.3 is 9.73 Å². The molecule has 0 bridgehead atoms. The Morgan fingerprint density at radius 1 is 0.340 bits per heavy atom. The molecule has 0 saturated heterocycles. The van der Waals surface area contributed by atoms with Crippen molar-refractivity contribution in [2.24, 2.45) is 0 Å². The highest BCUT2D eigenvalue weighted by Crippen LogP contribution is 2.43. The molecular formula is C48H31NO. The normalized spacial score (nSPS) is 11.6. The minimum atomic E-state index is 0.860. The summed E-state index contributed by atoms with van der Waals surface area (Å²) in [5, 5.41) is 13.3. The van der Waals surface area contributed by atoms with E-state index in [9.17, 15) is 0 Å². The zero-order valence-corrected chi connectivity index (χ0v) is 27.2. The molecular weight excluding hydrogens is 607 g/mol. The molecule has 0 unspecified atom stereocenters. The summed E-state index contributed by atoms with van der Waals surface area (Å²) < 4.78 is 6.82. The first kappa shape index (κ1) is 28.4. The lowest BCUT2D eigenvalue weighted by Gasteiger charge is -2.15. The van der Waals surface area contributed by atoms with Crippen LogP contribution in [-0.4, -0.2) is 0 Å². The molecule has 10 rings (SSSR count). The van der Waals surface area contributed by atoms with E-state index in [1.54, 1.807) is 0 Å². The second kappa shape index (κ2) is 11.5. The molecule has 50 heavy (non-hydrogen) atoms. The number of fused-ring (bicyclic) bond motifs is 7. The Kier molecular flexibility index (Phi) is 6.53. The molecule has 0 aliphatic rings. The van der Waals surface area contributed by atoms with E-state index in [0.29, 0.717) is 0 Å². The molecule has 0 spiro atoms. The Hall–Kier alpha value is -6.64. The van der Waals surface area contributed by atoms with Crippen molar-refractivity contribution in [2.75, 3.05) is 5.32 Å². The number of benzene rings is 9. The van der Waals surface area contributed by atoms with Crippen LogP contribution >= 0.6 is 0 Å². The van der Waals surface area contributed by atoms with E-state index in [2.05, 4.69) is 181 Å². The maximum absolute atomic E-state index is 6.82. The van der Waals surface area contributed by atoms with Crippen LogP contribution in [0.5, 0.6) is 0 Å². The quantitative estimate of drug-likeness (QED) is 0.203. The molecule has 10 aromatic rings. The van der Waals surface area contributed by atoms with Crippen LogP contribution in [0, 0.1) is 0 Å². The number of hydrogen-bond donors (Lipinski definition) is 1. The minimum absolute atomic E-state index is 0.860. The van der Waals surface area contributed by atoms with Crippen molar-refractivity contribution in [1.29, 1.82) is 0 Å². The number of hydrogen-bond acceptors (Lipinski definition) is 2. The molecule has 234 valence electrons. The first-order valence-electron chi connectivity index (χ1n) is 17.1. The molecule has 0 fully saturated rings. The lowest BCUT2D eigenvalue weighted by atomic mass is 9.90. The Balaban J connectivity index is 1.09. The number of anilines is 2. The number of para-hydroxylation sites is 1. The Morgan fingerprint density at radius 3 is 1.68 bits per heavy atom. The summed E-state index contributed by atoms with van der Waals surface area (Å²) in [6, 6.07) is 65.1. The van der Waals surface area contributed by atoms with Crippen molar-refractivity contribution < 1.29 is 4.42 Å². The van der Waals surface area contributed by atoms with Gasteiger partial charge in [-0.2, -0.15) is 0 Å². The van der Waals surface area contributed by atoms with Crippen molar-refractivity contribution in [3.63, 3.8) is 0 Å². The predicted octanol–water partition coefficient (Wildman–Crippen LogP) is 13.8. The summed E-state index contributed by atoms with van der Waals surface area (Å²) in [5.74, 6) is 0. The van der Waals surface area contributed by atoms with Crippen molar-refractivity contribution in [3.8, 4) is 33.4 Å². The van der Waals surface area contributed by atoms with Crippen molar-refractivity contribution in [3.05, 3.63) is 182 Å². The molecule has 1 aromatic heterocycles. The first-order chi connectivity index (χ1) is 24.8. The molecule has 2 heteroatoms. The Morgan fingerprint density at radius 2 is 0.920 bits per heavy atom. The zero-order chi connectivity index (χ0) is 33.0. The summed E-state index contributed by atoms with van der Waals surface area (Å²) in [5.41, 5.74) is 10.8. The maximum atomic E-state index is 6.82. The summed E-state index contributed by atoms with van der Waals surface area (Å²) >= 11 is 0. The van der Waals surface area contributed by atoms with Gasteiger partial charge in [-0.1, -0.05) is 146 Å². The van der Waals surface area contributed by atoms with Gasteiger partial charge in [0.1, 0.15) is 5.58 Å². The van der Waals surface area contributed by atoms with Gasteiger partial charge in [-0.3, -0.25) is 0 Å². The Labute approximate surface area is 289 Å². The molecule has 1 N–H and O–H groups in total. The van der Waals surface area contributed by atoms with Gasteiger partial charge in [0.05, 0.1) is 5.69 Å². The van der Waals surface area contributed by atoms with E-state index in [1.165, 1.54) is 54.6 Å². The monoisotopic (exact) mass is 637 g/mol. The van der Waals surface area contributed by atoms with E-state index in [1.807, 2.05) is 6.07 Å². The molecule has 0 amide bonds. The average Bonchev–Trinajstić information content (AvgIpc) is 3.59. The Bertz CT molecular complexity index is 2880. The SMILES string of the molecule is c1ccc(-c2cccc3c2oc2c(Nc4ccc(-c5cc6ccccc6cc5-c5ccc6ccccc6c5)cc4)cc4ccccc4c23)cc1. The summed E-state index contributed by atoms with van der Waals surface area (Å²) in [6.07, 6.45) is 0. The van der Waals surface area contributed by atoms with Gasteiger partial charge >= 0.3 is 0 Å². The fraction of sp³-hybridized carbons (Fsp3) is 0. The van der Waals surface area contributed by atoms with Gasteiger partial charge in [0.15, 0.2) is 5.58 Å². The number of furan rings is 1. The highest BCUT2D eigenvalue weighted by Gasteiger charge is 2.18. The van der Waals surface area contributed by atoms with Crippen molar-refractivity contribution >= 4 is 65.6 Å². The van der Waals surface area contributed by atoms with Crippen LogP contribution in [0.3, 0.4) is 0 Å². The maximum Gasteiger partial charge on any atom is 0.159 e.